The van der Waals surface area contributed by atoms with E-state index in [1.807, 2.05) is 28.9 Å². The van der Waals surface area contributed by atoms with Crippen LogP contribution in [0.15, 0.2) is 33.8 Å². The molecule has 158 valence electrons. The minimum absolute atomic E-state index is 0.257. The molecule has 0 spiro atoms. The first-order valence-electron chi connectivity index (χ1n) is 10.1. The first kappa shape index (κ1) is 20.3. The Labute approximate surface area is 179 Å². The Kier molecular flexibility index (Phi) is 6.27. The van der Waals surface area contributed by atoms with Gasteiger partial charge in [0, 0.05) is 49.5 Å². The fraction of sp³-hybridized carbons (Fsp3) is 0.450. The molecule has 0 saturated carbocycles. The van der Waals surface area contributed by atoms with E-state index in [1.165, 1.54) is 0 Å². The second-order valence-electron chi connectivity index (χ2n) is 7.13. The lowest BCUT2D eigenvalue weighted by Gasteiger charge is -2.25. The van der Waals surface area contributed by atoms with Crippen molar-refractivity contribution in [2.45, 2.75) is 45.2 Å². The molecule has 4 rings (SSSR count). The summed E-state index contributed by atoms with van der Waals surface area (Å²) >= 11 is 6.03. The number of hydrogen-bond acceptors (Lipinski definition) is 6. The van der Waals surface area contributed by atoms with Crippen molar-refractivity contribution < 1.29 is 4.52 Å². The van der Waals surface area contributed by atoms with Gasteiger partial charge in [-0.05, 0) is 18.6 Å². The van der Waals surface area contributed by atoms with Gasteiger partial charge in [-0.25, -0.2) is 9.67 Å². The van der Waals surface area contributed by atoms with Gasteiger partial charge in [-0.2, -0.15) is 10.1 Å². The number of fused-ring (bicyclic) bond motifs is 1. The fourth-order valence-corrected chi connectivity index (χ4v) is 3.60. The van der Waals surface area contributed by atoms with Gasteiger partial charge in [0.05, 0.1) is 6.54 Å². The fourth-order valence-electron chi connectivity index (χ4n) is 3.41. The Morgan fingerprint density at radius 3 is 3.07 bits per heavy atom. The Hall–Kier alpha value is -2.94. The van der Waals surface area contributed by atoms with Gasteiger partial charge in [0.2, 0.25) is 11.7 Å². The molecule has 3 aromatic rings. The quantitative estimate of drug-likeness (QED) is 0.458. The van der Waals surface area contributed by atoms with Crippen LogP contribution in [0.5, 0.6) is 0 Å². The van der Waals surface area contributed by atoms with Crippen molar-refractivity contribution in [3.8, 4) is 11.4 Å². The third-order valence-electron chi connectivity index (χ3n) is 4.96. The smallest absolute Gasteiger partial charge is 0.228 e. The summed E-state index contributed by atoms with van der Waals surface area (Å²) in [4.78, 5) is 13.3. The predicted molar refractivity (Wildman–Crippen MR) is 114 cm³/mol. The number of rotatable bonds is 6. The highest BCUT2D eigenvalue weighted by molar-refractivity contribution is 6.30. The number of aromatic nitrogens is 5. The monoisotopic (exact) mass is 428 g/mol. The summed E-state index contributed by atoms with van der Waals surface area (Å²) in [5.74, 6) is 3.82. The van der Waals surface area contributed by atoms with Crippen molar-refractivity contribution in [3.63, 3.8) is 0 Å². The molecule has 9 nitrogen and oxygen atoms in total. The molecular weight excluding hydrogens is 404 g/mol. The molecule has 1 atom stereocenters. The lowest BCUT2D eigenvalue weighted by Crippen LogP contribution is -2.47. The first-order chi connectivity index (χ1) is 14.6. The lowest BCUT2D eigenvalue weighted by atomic mass is 10.1. The molecule has 0 bridgehead atoms. The van der Waals surface area contributed by atoms with Crippen LogP contribution in [-0.2, 0) is 25.8 Å². The summed E-state index contributed by atoms with van der Waals surface area (Å²) in [6, 6.07) is 7.65. The largest absolute Gasteiger partial charge is 0.356 e. The second kappa shape index (κ2) is 9.25. The van der Waals surface area contributed by atoms with Crippen molar-refractivity contribution in [1.29, 1.82) is 0 Å². The van der Waals surface area contributed by atoms with Gasteiger partial charge < -0.3 is 15.2 Å². The Balaban J connectivity index is 1.27. The maximum absolute atomic E-state index is 6.03. The van der Waals surface area contributed by atoms with E-state index >= 15 is 0 Å². The highest BCUT2D eigenvalue weighted by Gasteiger charge is 2.22. The molecule has 30 heavy (non-hydrogen) atoms. The van der Waals surface area contributed by atoms with E-state index in [0.29, 0.717) is 29.7 Å². The number of aliphatic imine (C=N–C) groups is 1. The highest BCUT2D eigenvalue weighted by atomic mass is 35.5. The summed E-state index contributed by atoms with van der Waals surface area (Å²) in [5, 5.41) is 16.0. The van der Waals surface area contributed by atoms with Crippen LogP contribution in [-0.4, -0.2) is 50.5 Å². The number of nitrogens with one attached hydrogen (secondary N) is 2. The van der Waals surface area contributed by atoms with Crippen molar-refractivity contribution in [2.75, 3.05) is 13.6 Å². The van der Waals surface area contributed by atoms with Crippen molar-refractivity contribution >= 4 is 17.6 Å². The number of aryl methyl sites for hydroxylation is 2. The Morgan fingerprint density at radius 1 is 1.37 bits per heavy atom. The van der Waals surface area contributed by atoms with Crippen LogP contribution in [0.1, 0.15) is 30.9 Å². The Bertz CT molecular complexity index is 1030. The van der Waals surface area contributed by atoms with Gasteiger partial charge >= 0.3 is 0 Å². The molecule has 0 amide bonds. The van der Waals surface area contributed by atoms with Crippen LogP contribution in [0.2, 0.25) is 5.02 Å². The molecular formula is C20H25ClN8O. The first-order valence-corrected chi connectivity index (χ1v) is 10.5. The molecule has 1 aliphatic rings. The molecule has 0 aliphatic carbocycles. The number of benzene rings is 1. The van der Waals surface area contributed by atoms with Crippen LogP contribution in [0.4, 0.5) is 0 Å². The summed E-state index contributed by atoms with van der Waals surface area (Å²) in [6.45, 7) is 3.48. The van der Waals surface area contributed by atoms with Crippen LogP contribution >= 0.6 is 11.6 Å². The molecule has 0 fully saturated rings. The summed E-state index contributed by atoms with van der Waals surface area (Å²) in [7, 11) is 1.76. The van der Waals surface area contributed by atoms with Crippen molar-refractivity contribution in [3.05, 3.63) is 46.8 Å². The predicted octanol–water partition coefficient (Wildman–Crippen LogP) is 2.27. The normalized spacial score (nSPS) is 16.4. The third-order valence-corrected chi connectivity index (χ3v) is 5.20. The summed E-state index contributed by atoms with van der Waals surface area (Å²) in [6.07, 6.45) is 3.35. The van der Waals surface area contributed by atoms with Gasteiger partial charge in [-0.15, -0.1) is 0 Å². The number of nitrogens with zero attached hydrogens (tertiary/aromatic N) is 6. The molecule has 2 aromatic heterocycles. The molecule has 10 heteroatoms. The van der Waals surface area contributed by atoms with Crippen LogP contribution in [0, 0.1) is 0 Å². The molecule has 3 heterocycles. The minimum Gasteiger partial charge on any atom is -0.356 e. The minimum atomic E-state index is 0.257. The summed E-state index contributed by atoms with van der Waals surface area (Å²) in [5.41, 5.74) is 0.832. The average molecular weight is 429 g/mol. The van der Waals surface area contributed by atoms with Gasteiger partial charge in [0.15, 0.2) is 11.8 Å². The molecule has 1 aromatic carbocycles. The molecule has 0 saturated heterocycles. The van der Waals surface area contributed by atoms with Gasteiger partial charge in [0.1, 0.15) is 5.82 Å². The van der Waals surface area contributed by atoms with Crippen LogP contribution in [0.3, 0.4) is 0 Å². The third kappa shape index (κ3) is 4.79. The van der Waals surface area contributed by atoms with E-state index in [4.69, 9.17) is 16.1 Å². The van der Waals surface area contributed by atoms with E-state index in [-0.39, 0.29) is 6.04 Å². The second-order valence-corrected chi connectivity index (χ2v) is 7.57. The standard InChI is InChI=1S/C20H25ClN8O/c1-3-16-25-17-8-7-15(12-29(17)27-16)24-20(22-2)23-10-9-18-26-19(28-30-18)13-5-4-6-14(21)11-13/h4-6,11,15H,3,7-10,12H2,1-2H3,(H2,22,23,24). The maximum atomic E-state index is 6.03. The SMILES string of the molecule is CCc1nc2n(n1)CC(NC(=NC)NCCc1nc(-c3cccc(Cl)c3)no1)CC2. The zero-order valence-corrected chi connectivity index (χ0v) is 17.9. The van der Waals surface area contributed by atoms with Gasteiger partial charge in [-0.1, -0.05) is 35.8 Å². The maximum Gasteiger partial charge on any atom is 0.228 e. The van der Waals surface area contributed by atoms with Gasteiger partial charge in [0.25, 0.3) is 0 Å². The lowest BCUT2D eigenvalue weighted by molar-refractivity contribution is 0.377. The number of guanidine groups is 1. The van der Waals surface area contributed by atoms with Gasteiger partial charge in [-0.3, -0.25) is 4.99 Å². The molecule has 1 aliphatic heterocycles. The van der Waals surface area contributed by atoms with E-state index < -0.39 is 0 Å². The topological polar surface area (TPSA) is 106 Å². The molecule has 0 radical (unpaired) electrons. The molecule has 1 unspecified atom stereocenters. The van der Waals surface area contributed by atoms with E-state index in [1.54, 1.807) is 7.05 Å². The van der Waals surface area contributed by atoms with E-state index in [2.05, 4.69) is 42.8 Å². The molecule has 2 N–H and O–H groups in total. The zero-order chi connectivity index (χ0) is 20.9. The zero-order valence-electron chi connectivity index (χ0n) is 17.1. The Morgan fingerprint density at radius 2 is 2.27 bits per heavy atom. The van der Waals surface area contributed by atoms with Crippen molar-refractivity contribution in [1.82, 2.24) is 35.5 Å². The van der Waals surface area contributed by atoms with Crippen LogP contribution in [0.25, 0.3) is 11.4 Å². The van der Waals surface area contributed by atoms with Crippen molar-refractivity contribution in [2.24, 2.45) is 4.99 Å². The number of hydrogen-bond donors (Lipinski definition) is 2. The average Bonchev–Trinajstić information content (AvgIpc) is 3.39. The van der Waals surface area contributed by atoms with E-state index in [0.717, 1.165) is 49.0 Å². The summed E-state index contributed by atoms with van der Waals surface area (Å²) < 4.78 is 7.36. The van der Waals surface area contributed by atoms with Crippen LogP contribution < -0.4 is 10.6 Å². The number of halogens is 1. The highest BCUT2D eigenvalue weighted by Crippen LogP contribution is 2.20. The van der Waals surface area contributed by atoms with E-state index in [9.17, 15) is 0 Å².